The van der Waals surface area contributed by atoms with Crippen molar-refractivity contribution < 1.29 is 14.3 Å². The maximum absolute atomic E-state index is 13.2. The molecule has 0 saturated carbocycles. The topological polar surface area (TPSA) is 71.2 Å². The van der Waals surface area contributed by atoms with Gasteiger partial charge in [0.05, 0.1) is 12.3 Å². The summed E-state index contributed by atoms with van der Waals surface area (Å²) < 4.78 is 16.1. The second-order valence-corrected chi connectivity index (χ2v) is 9.25. The number of para-hydroxylation sites is 3. The summed E-state index contributed by atoms with van der Waals surface area (Å²) in [5, 5.41) is 9.20. The summed E-state index contributed by atoms with van der Waals surface area (Å²) in [4.78, 5) is 13.2. The Hall–Kier alpha value is -3.52. The predicted molar refractivity (Wildman–Crippen MR) is 131 cm³/mol. The number of benzene rings is 2. The Morgan fingerprint density at radius 3 is 2.56 bits per heavy atom. The number of ether oxygens (including phenoxy) is 2. The molecule has 0 unspecified atom stereocenters. The summed E-state index contributed by atoms with van der Waals surface area (Å²) in [5.41, 5.74) is 3.67. The Morgan fingerprint density at radius 1 is 1.03 bits per heavy atom. The molecule has 34 heavy (non-hydrogen) atoms. The van der Waals surface area contributed by atoms with E-state index >= 15 is 0 Å². The Balaban J connectivity index is 1.29. The summed E-state index contributed by atoms with van der Waals surface area (Å²) in [6, 6.07) is 19.6. The molecule has 1 atom stereocenters. The van der Waals surface area contributed by atoms with Crippen molar-refractivity contribution >= 4 is 17.5 Å². The van der Waals surface area contributed by atoms with Crippen molar-refractivity contribution in [3.8, 4) is 17.2 Å². The van der Waals surface area contributed by atoms with Crippen molar-refractivity contribution in [1.82, 2.24) is 19.3 Å². The molecular weight excluding hydrogens is 448 g/mol. The summed E-state index contributed by atoms with van der Waals surface area (Å²) in [7, 11) is 0. The first-order chi connectivity index (χ1) is 16.5. The second kappa shape index (κ2) is 9.38. The maximum atomic E-state index is 13.2. The van der Waals surface area contributed by atoms with Crippen LogP contribution in [0.25, 0.3) is 5.69 Å². The molecule has 5 rings (SSSR count). The van der Waals surface area contributed by atoms with Crippen LogP contribution < -0.4 is 9.47 Å². The normalized spacial score (nSPS) is 14.9. The Morgan fingerprint density at radius 2 is 1.76 bits per heavy atom. The number of Topliss-reactive ketones (excluding diaryl/α,β-unsaturated/α-hetero) is 1. The van der Waals surface area contributed by atoms with Crippen molar-refractivity contribution in [3.05, 3.63) is 83.4 Å². The molecule has 1 aliphatic rings. The average molecular weight is 475 g/mol. The van der Waals surface area contributed by atoms with Crippen LogP contribution in [0.2, 0.25) is 0 Å². The SMILES string of the molecule is Cc1cc(C(=O)CSc2nnc(C)n2-c2ccccc2)c(C)n1C[C@H]1COc2ccccc2O1. The molecule has 7 nitrogen and oxygen atoms in total. The molecule has 8 heteroatoms. The van der Waals surface area contributed by atoms with Gasteiger partial charge in [0.1, 0.15) is 12.4 Å². The third-order valence-electron chi connectivity index (χ3n) is 5.97. The standard InChI is InChI=1S/C26H26N4O3S/c1-17-13-22(18(2)29(17)14-21-15-32-24-11-7-8-12-25(24)33-21)23(31)16-34-26-28-27-19(3)30(26)20-9-5-4-6-10-20/h4-13,21H,14-16H2,1-3H3/t21-/m0/s1. The highest BCUT2D eigenvalue weighted by Gasteiger charge is 2.24. The number of fused-ring (bicyclic) bond motifs is 1. The molecule has 1 aliphatic heterocycles. The monoisotopic (exact) mass is 474 g/mol. The minimum Gasteiger partial charge on any atom is -0.486 e. The van der Waals surface area contributed by atoms with Gasteiger partial charge in [-0.2, -0.15) is 0 Å². The van der Waals surface area contributed by atoms with Gasteiger partial charge in [0.15, 0.2) is 28.5 Å². The molecule has 4 aromatic rings. The Labute approximate surface area is 202 Å². The van der Waals surface area contributed by atoms with E-state index in [-0.39, 0.29) is 17.6 Å². The first-order valence-electron chi connectivity index (χ1n) is 11.2. The number of hydrogen-bond donors (Lipinski definition) is 0. The van der Waals surface area contributed by atoms with E-state index in [1.165, 1.54) is 11.8 Å². The molecule has 174 valence electrons. The number of aromatic nitrogens is 4. The molecule has 0 fully saturated rings. The minimum absolute atomic E-state index is 0.0655. The van der Waals surface area contributed by atoms with Gasteiger partial charge in [0.25, 0.3) is 0 Å². The van der Waals surface area contributed by atoms with Gasteiger partial charge in [-0.05, 0) is 51.1 Å². The van der Waals surface area contributed by atoms with Gasteiger partial charge in [0, 0.05) is 22.6 Å². The number of carbonyl (C=O) groups is 1. The van der Waals surface area contributed by atoms with Crippen LogP contribution in [-0.4, -0.2) is 43.6 Å². The lowest BCUT2D eigenvalue weighted by Gasteiger charge is -2.27. The highest BCUT2D eigenvalue weighted by Crippen LogP contribution is 2.32. The maximum Gasteiger partial charge on any atom is 0.196 e. The smallest absolute Gasteiger partial charge is 0.196 e. The van der Waals surface area contributed by atoms with Crippen molar-refractivity contribution in [2.45, 2.75) is 38.6 Å². The zero-order valence-corrected chi connectivity index (χ0v) is 20.2. The average Bonchev–Trinajstić information content (AvgIpc) is 3.37. The van der Waals surface area contributed by atoms with Crippen LogP contribution in [-0.2, 0) is 6.54 Å². The van der Waals surface area contributed by atoms with E-state index in [4.69, 9.17) is 9.47 Å². The van der Waals surface area contributed by atoms with Crippen LogP contribution in [0, 0.1) is 20.8 Å². The van der Waals surface area contributed by atoms with Gasteiger partial charge >= 0.3 is 0 Å². The molecule has 0 saturated heterocycles. The number of carbonyl (C=O) groups excluding carboxylic acids is 1. The fourth-order valence-electron chi connectivity index (χ4n) is 4.24. The van der Waals surface area contributed by atoms with Crippen LogP contribution in [0.4, 0.5) is 0 Å². The lowest BCUT2D eigenvalue weighted by Crippen LogP contribution is -2.33. The summed E-state index contributed by atoms with van der Waals surface area (Å²) in [6.45, 7) is 7.01. The van der Waals surface area contributed by atoms with Gasteiger partial charge in [-0.3, -0.25) is 9.36 Å². The third-order valence-corrected chi connectivity index (χ3v) is 6.90. The molecule has 2 aromatic heterocycles. The summed E-state index contributed by atoms with van der Waals surface area (Å²) in [5.74, 6) is 2.66. The van der Waals surface area contributed by atoms with Gasteiger partial charge in [-0.15, -0.1) is 10.2 Å². The first kappa shape index (κ1) is 22.3. The van der Waals surface area contributed by atoms with Crippen molar-refractivity contribution in [1.29, 1.82) is 0 Å². The van der Waals surface area contributed by atoms with Gasteiger partial charge in [-0.25, -0.2) is 0 Å². The largest absolute Gasteiger partial charge is 0.486 e. The number of ketones is 1. The molecule has 3 heterocycles. The zero-order valence-electron chi connectivity index (χ0n) is 19.4. The van der Waals surface area contributed by atoms with E-state index in [1.54, 1.807) is 0 Å². The van der Waals surface area contributed by atoms with Gasteiger partial charge < -0.3 is 14.0 Å². The van der Waals surface area contributed by atoms with Crippen LogP contribution >= 0.6 is 11.8 Å². The van der Waals surface area contributed by atoms with Crippen LogP contribution in [0.15, 0.2) is 65.8 Å². The summed E-state index contributed by atoms with van der Waals surface area (Å²) in [6.07, 6.45) is -0.121. The number of hydrogen-bond acceptors (Lipinski definition) is 6. The van der Waals surface area contributed by atoms with Gasteiger partial charge in [-0.1, -0.05) is 42.1 Å². The van der Waals surface area contributed by atoms with E-state index in [1.807, 2.05) is 86.0 Å². The highest BCUT2D eigenvalue weighted by atomic mass is 32.2. The summed E-state index contributed by atoms with van der Waals surface area (Å²) >= 11 is 1.40. The minimum atomic E-state index is -0.121. The molecule has 0 N–H and O–H groups in total. The molecule has 0 spiro atoms. The molecular formula is C26H26N4O3S. The lowest BCUT2D eigenvalue weighted by atomic mass is 10.2. The van der Waals surface area contributed by atoms with Gasteiger partial charge in [0.2, 0.25) is 0 Å². The van der Waals surface area contributed by atoms with Crippen LogP contribution in [0.1, 0.15) is 27.6 Å². The van der Waals surface area contributed by atoms with Crippen molar-refractivity contribution in [3.63, 3.8) is 0 Å². The highest BCUT2D eigenvalue weighted by molar-refractivity contribution is 7.99. The number of rotatable bonds is 7. The fourth-order valence-corrected chi connectivity index (χ4v) is 5.12. The van der Waals surface area contributed by atoms with Crippen molar-refractivity contribution in [2.75, 3.05) is 12.4 Å². The molecule has 0 amide bonds. The number of nitrogens with zero attached hydrogens (tertiary/aromatic N) is 4. The van der Waals surface area contributed by atoms with E-state index < -0.39 is 0 Å². The number of aryl methyl sites for hydroxylation is 2. The molecule has 0 aliphatic carbocycles. The van der Waals surface area contributed by atoms with E-state index in [9.17, 15) is 4.79 Å². The Bertz CT molecular complexity index is 1330. The Kier molecular flexibility index (Phi) is 6.15. The van der Waals surface area contributed by atoms with Crippen molar-refractivity contribution in [2.24, 2.45) is 0 Å². The molecule has 0 bridgehead atoms. The van der Waals surface area contributed by atoms with E-state index in [0.717, 1.165) is 40.0 Å². The van der Waals surface area contributed by atoms with Crippen LogP contribution in [0.5, 0.6) is 11.5 Å². The quantitative estimate of drug-likeness (QED) is 0.283. The molecule has 0 radical (unpaired) electrons. The second-order valence-electron chi connectivity index (χ2n) is 8.31. The predicted octanol–water partition coefficient (Wildman–Crippen LogP) is 4.81. The third kappa shape index (κ3) is 4.33. The first-order valence-corrected chi connectivity index (χ1v) is 12.2. The van der Waals surface area contributed by atoms with E-state index in [2.05, 4.69) is 14.8 Å². The number of thioether (sulfide) groups is 1. The lowest BCUT2D eigenvalue weighted by molar-refractivity contribution is 0.0777. The van der Waals surface area contributed by atoms with E-state index in [0.29, 0.717) is 18.3 Å². The fraction of sp³-hybridized carbons (Fsp3) is 0.269. The molecule has 2 aromatic carbocycles. The van der Waals surface area contributed by atoms with Crippen LogP contribution in [0.3, 0.4) is 0 Å². The zero-order chi connectivity index (χ0) is 23.7.